The molecule has 3 aromatic carbocycles. The van der Waals surface area contributed by atoms with Gasteiger partial charge in [-0.2, -0.15) is 0 Å². The molecule has 0 atom stereocenters. The van der Waals surface area contributed by atoms with E-state index >= 15 is 0 Å². The van der Waals surface area contributed by atoms with E-state index in [9.17, 15) is 4.79 Å². The second-order valence-electron chi connectivity index (χ2n) is 7.65. The van der Waals surface area contributed by atoms with Crippen molar-refractivity contribution in [3.8, 4) is 16.9 Å². The van der Waals surface area contributed by atoms with Crippen molar-refractivity contribution in [2.75, 3.05) is 20.7 Å². The first kappa shape index (κ1) is 21.4. The number of hydroxylamine groups is 1. The minimum Gasteiger partial charge on any atom is -0.496 e. The minimum atomic E-state index is -0.406. The number of rotatable bonds is 6. The Morgan fingerprint density at radius 1 is 1.10 bits per heavy atom. The lowest BCUT2D eigenvalue weighted by Crippen LogP contribution is -2.27. The summed E-state index contributed by atoms with van der Waals surface area (Å²) in [5, 5.41) is 0.454. The van der Waals surface area contributed by atoms with E-state index in [1.807, 2.05) is 18.2 Å². The standard InChI is InChI=1S/C25H25ClN2O3/c1-28-13-12-21-17(15-28)7-5-9-22(21)20-8-4-3-6-18(20)16-31-27-25(29)23-14-19(26)10-11-24(23)30-2/h3-11,14H,12-13,15-16H2,1-2H3,(H,27,29). The van der Waals surface area contributed by atoms with Crippen LogP contribution >= 0.6 is 11.6 Å². The fourth-order valence-electron chi connectivity index (χ4n) is 4.00. The molecular formula is C25H25ClN2O3. The zero-order valence-corrected chi connectivity index (χ0v) is 18.4. The van der Waals surface area contributed by atoms with Gasteiger partial charge in [0.25, 0.3) is 5.91 Å². The third-order valence-electron chi connectivity index (χ3n) is 5.56. The molecule has 6 heteroatoms. The normalized spacial score (nSPS) is 13.5. The molecule has 1 aliphatic heterocycles. The molecule has 0 radical (unpaired) electrons. The third kappa shape index (κ3) is 4.74. The monoisotopic (exact) mass is 436 g/mol. The number of halogens is 1. The third-order valence-corrected chi connectivity index (χ3v) is 5.80. The van der Waals surface area contributed by atoms with Gasteiger partial charge < -0.3 is 9.64 Å². The second-order valence-corrected chi connectivity index (χ2v) is 8.09. The van der Waals surface area contributed by atoms with Crippen LogP contribution in [0.2, 0.25) is 5.02 Å². The van der Waals surface area contributed by atoms with Crippen molar-refractivity contribution in [3.63, 3.8) is 0 Å². The van der Waals surface area contributed by atoms with Crippen LogP contribution in [-0.2, 0) is 24.4 Å². The number of methoxy groups -OCH3 is 1. The maximum atomic E-state index is 12.6. The molecule has 0 unspecified atom stereocenters. The quantitative estimate of drug-likeness (QED) is 0.560. The molecule has 0 bridgehead atoms. The van der Waals surface area contributed by atoms with Crippen molar-refractivity contribution in [2.45, 2.75) is 19.6 Å². The Hall–Kier alpha value is -2.86. The molecular weight excluding hydrogens is 412 g/mol. The molecule has 1 N–H and O–H groups in total. The Morgan fingerprint density at radius 3 is 2.74 bits per heavy atom. The lowest BCUT2D eigenvalue weighted by atomic mass is 9.89. The highest BCUT2D eigenvalue weighted by Crippen LogP contribution is 2.32. The zero-order valence-electron chi connectivity index (χ0n) is 17.7. The van der Waals surface area contributed by atoms with Gasteiger partial charge in [-0.3, -0.25) is 9.63 Å². The van der Waals surface area contributed by atoms with Crippen molar-refractivity contribution in [3.05, 3.63) is 87.9 Å². The number of amides is 1. The molecule has 0 aromatic heterocycles. The smallest absolute Gasteiger partial charge is 0.278 e. The summed E-state index contributed by atoms with van der Waals surface area (Å²) in [4.78, 5) is 20.5. The fourth-order valence-corrected chi connectivity index (χ4v) is 4.18. The number of nitrogens with one attached hydrogen (secondary N) is 1. The SMILES string of the molecule is COc1ccc(Cl)cc1C(=O)NOCc1ccccc1-c1cccc2c1CCN(C)C2. The molecule has 1 aliphatic rings. The number of hydrogen-bond donors (Lipinski definition) is 1. The van der Waals surface area contributed by atoms with Crippen molar-refractivity contribution >= 4 is 17.5 Å². The topological polar surface area (TPSA) is 50.8 Å². The van der Waals surface area contributed by atoms with Crippen LogP contribution < -0.4 is 10.2 Å². The summed E-state index contributed by atoms with van der Waals surface area (Å²) in [7, 11) is 3.66. The molecule has 1 heterocycles. The summed E-state index contributed by atoms with van der Waals surface area (Å²) >= 11 is 6.02. The van der Waals surface area contributed by atoms with E-state index in [4.69, 9.17) is 21.2 Å². The molecule has 4 rings (SSSR count). The number of likely N-dealkylation sites (N-methyl/N-ethyl adjacent to an activating group) is 1. The average Bonchev–Trinajstić information content (AvgIpc) is 2.78. The van der Waals surface area contributed by atoms with Crippen LogP contribution in [0.4, 0.5) is 0 Å². The van der Waals surface area contributed by atoms with E-state index in [0.29, 0.717) is 16.3 Å². The molecule has 0 aliphatic carbocycles. The first-order chi connectivity index (χ1) is 15.1. The Morgan fingerprint density at radius 2 is 1.90 bits per heavy atom. The highest BCUT2D eigenvalue weighted by molar-refractivity contribution is 6.31. The van der Waals surface area contributed by atoms with Crippen molar-refractivity contribution < 1.29 is 14.4 Å². The van der Waals surface area contributed by atoms with E-state index < -0.39 is 5.91 Å². The van der Waals surface area contributed by atoms with E-state index in [2.05, 4.69) is 41.7 Å². The van der Waals surface area contributed by atoms with Gasteiger partial charge in [-0.1, -0.05) is 54.1 Å². The van der Waals surface area contributed by atoms with E-state index in [-0.39, 0.29) is 6.61 Å². The largest absolute Gasteiger partial charge is 0.496 e. The summed E-state index contributed by atoms with van der Waals surface area (Å²) in [5.74, 6) is 0.0312. The van der Waals surface area contributed by atoms with E-state index in [1.165, 1.54) is 23.8 Å². The highest BCUT2D eigenvalue weighted by atomic mass is 35.5. The van der Waals surface area contributed by atoms with Crippen LogP contribution in [0.1, 0.15) is 27.0 Å². The second kappa shape index (κ2) is 9.52. The molecule has 1 amide bonds. The van der Waals surface area contributed by atoms with Crippen LogP contribution in [0.5, 0.6) is 5.75 Å². The van der Waals surface area contributed by atoms with E-state index in [0.717, 1.165) is 30.6 Å². The Bertz CT molecular complexity index is 1100. The van der Waals surface area contributed by atoms with Crippen molar-refractivity contribution in [1.29, 1.82) is 0 Å². The number of nitrogens with zero attached hydrogens (tertiary/aromatic N) is 1. The summed E-state index contributed by atoms with van der Waals surface area (Å²) in [6.07, 6.45) is 1.02. The van der Waals surface area contributed by atoms with Crippen molar-refractivity contribution in [1.82, 2.24) is 10.4 Å². The van der Waals surface area contributed by atoms with Gasteiger partial charge in [0.15, 0.2) is 0 Å². The number of carbonyl (C=O) groups is 1. The zero-order chi connectivity index (χ0) is 21.8. The molecule has 5 nitrogen and oxygen atoms in total. The average molecular weight is 437 g/mol. The Labute approximate surface area is 187 Å². The predicted octanol–water partition coefficient (Wildman–Crippen LogP) is 4.87. The molecule has 3 aromatic rings. The van der Waals surface area contributed by atoms with E-state index in [1.54, 1.807) is 18.2 Å². The highest BCUT2D eigenvalue weighted by Gasteiger charge is 2.19. The predicted molar refractivity (Wildman–Crippen MR) is 122 cm³/mol. The van der Waals surface area contributed by atoms with Gasteiger partial charge in [0.05, 0.1) is 12.7 Å². The summed E-state index contributed by atoms with van der Waals surface area (Å²) in [6, 6.07) is 19.5. The molecule has 0 saturated heterocycles. The van der Waals surface area contributed by atoms with Gasteiger partial charge in [-0.15, -0.1) is 0 Å². The van der Waals surface area contributed by atoms with Crippen LogP contribution in [-0.4, -0.2) is 31.5 Å². The lowest BCUT2D eigenvalue weighted by molar-refractivity contribution is 0.0233. The molecule has 0 fully saturated rings. The number of carbonyl (C=O) groups excluding carboxylic acids is 1. The molecule has 160 valence electrons. The first-order valence-electron chi connectivity index (χ1n) is 10.2. The number of ether oxygens (including phenoxy) is 1. The molecule has 0 saturated carbocycles. The van der Waals surface area contributed by atoms with Gasteiger partial charge in [-0.05, 0) is 59.5 Å². The maximum Gasteiger partial charge on any atom is 0.278 e. The minimum absolute atomic E-state index is 0.244. The molecule has 0 spiro atoms. The van der Waals surface area contributed by atoms with Crippen molar-refractivity contribution in [2.24, 2.45) is 0 Å². The number of fused-ring (bicyclic) bond motifs is 1. The van der Waals surface area contributed by atoms with Gasteiger partial charge >= 0.3 is 0 Å². The lowest BCUT2D eigenvalue weighted by Gasteiger charge is -2.27. The number of benzene rings is 3. The van der Waals surface area contributed by atoms with Gasteiger partial charge in [-0.25, -0.2) is 5.48 Å². The van der Waals surface area contributed by atoms with Gasteiger partial charge in [0.2, 0.25) is 0 Å². The fraction of sp³-hybridized carbons (Fsp3) is 0.240. The van der Waals surface area contributed by atoms with Crippen LogP contribution in [0.15, 0.2) is 60.7 Å². The van der Waals surface area contributed by atoms with Gasteiger partial charge in [0.1, 0.15) is 12.4 Å². The summed E-state index contributed by atoms with van der Waals surface area (Å²) < 4.78 is 5.24. The summed E-state index contributed by atoms with van der Waals surface area (Å²) in [6.45, 7) is 2.24. The maximum absolute atomic E-state index is 12.6. The van der Waals surface area contributed by atoms with Crippen LogP contribution in [0, 0.1) is 0 Å². The Kier molecular flexibility index (Phi) is 6.56. The first-order valence-corrected chi connectivity index (χ1v) is 10.6. The number of hydrogen-bond acceptors (Lipinski definition) is 4. The van der Waals surface area contributed by atoms with Gasteiger partial charge in [0, 0.05) is 18.1 Å². The van der Waals surface area contributed by atoms with Crippen LogP contribution in [0.3, 0.4) is 0 Å². The Balaban J connectivity index is 1.52. The summed E-state index contributed by atoms with van der Waals surface area (Å²) in [5.41, 5.74) is 8.95. The molecule has 31 heavy (non-hydrogen) atoms. The van der Waals surface area contributed by atoms with Crippen LogP contribution in [0.25, 0.3) is 11.1 Å².